The van der Waals surface area contributed by atoms with Gasteiger partial charge in [-0.15, -0.1) is 0 Å². The SMILES string of the molecule is NN/C=C\NC1COC1. The van der Waals surface area contributed by atoms with Gasteiger partial charge in [0.1, 0.15) is 0 Å². The van der Waals surface area contributed by atoms with Crippen LogP contribution in [0.4, 0.5) is 0 Å². The minimum Gasteiger partial charge on any atom is -0.382 e. The fourth-order valence-corrected chi connectivity index (χ4v) is 0.564. The van der Waals surface area contributed by atoms with Crippen molar-refractivity contribution in [1.29, 1.82) is 0 Å². The van der Waals surface area contributed by atoms with E-state index in [1.54, 1.807) is 12.4 Å². The van der Waals surface area contributed by atoms with E-state index >= 15 is 0 Å². The molecule has 1 heterocycles. The molecule has 0 aromatic rings. The van der Waals surface area contributed by atoms with E-state index in [2.05, 4.69) is 10.7 Å². The number of hydrazine groups is 1. The van der Waals surface area contributed by atoms with Gasteiger partial charge >= 0.3 is 0 Å². The number of rotatable bonds is 3. The molecule has 1 rings (SSSR count). The van der Waals surface area contributed by atoms with E-state index in [0.29, 0.717) is 6.04 Å². The first kappa shape index (κ1) is 6.38. The first-order valence-electron chi connectivity index (χ1n) is 2.88. The van der Waals surface area contributed by atoms with Crippen molar-refractivity contribution >= 4 is 0 Å². The second-order valence-electron chi connectivity index (χ2n) is 1.90. The van der Waals surface area contributed by atoms with Gasteiger partial charge in [0.25, 0.3) is 0 Å². The first-order valence-corrected chi connectivity index (χ1v) is 2.88. The first-order chi connectivity index (χ1) is 4.43. The van der Waals surface area contributed by atoms with Gasteiger partial charge in [0.05, 0.1) is 19.3 Å². The van der Waals surface area contributed by atoms with E-state index in [4.69, 9.17) is 10.6 Å². The molecule has 1 aliphatic rings. The molecule has 0 atom stereocenters. The highest BCUT2D eigenvalue weighted by Gasteiger charge is 2.14. The molecule has 4 N–H and O–H groups in total. The molecule has 0 aliphatic carbocycles. The third-order valence-electron chi connectivity index (χ3n) is 1.15. The Kier molecular flexibility index (Phi) is 2.35. The predicted molar refractivity (Wildman–Crippen MR) is 34.2 cm³/mol. The molecule has 0 unspecified atom stereocenters. The fraction of sp³-hybridized carbons (Fsp3) is 0.600. The Morgan fingerprint density at radius 1 is 1.44 bits per heavy atom. The van der Waals surface area contributed by atoms with E-state index in [1.807, 2.05) is 0 Å². The molecule has 0 aromatic heterocycles. The molecule has 4 heteroatoms. The average Bonchev–Trinajstić information content (AvgIpc) is 1.76. The Bertz CT molecular complexity index is 100. The molecule has 52 valence electrons. The van der Waals surface area contributed by atoms with Crippen LogP contribution in [0.5, 0.6) is 0 Å². The highest BCUT2D eigenvalue weighted by molar-refractivity contribution is 4.82. The van der Waals surface area contributed by atoms with Crippen molar-refractivity contribution in [2.45, 2.75) is 6.04 Å². The third kappa shape index (κ3) is 1.91. The van der Waals surface area contributed by atoms with Gasteiger partial charge in [-0.1, -0.05) is 0 Å². The quantitative estimate of drug-likeness (QED) is 0.335. The van der Waals surface area contributed by atoms with Crippen LogP contribution in [-0.4, -0.2) is 19.3 Å². The molecule has 0 saturated carbocycles. The minimum atomic E-state index is 0.481. The zero-order chi connectivity index (χ0) is 6.53. The number of hydrogen-bond donors (Lipinski definition) is 3. The standard InChI is InChI=1S/C5H11N3O/c6-8-2-1-7-5-3-9-4-5/h1-2,5,7-8H,3-4,6H2/b2-1-. The van der Waals surface area contributed by atoms with Gasteiger partial charge in [0.15, 0.2) is 0 Å². The van der Waals surface area contributed by atoms with Gasteiger partial charge in [-0.25, -0.2) is 0 Å². The topological polar surface area (TPSA) is 59.3 Å². The molecule has 1 saturated heterocycles. The minimum absolute atomic E-state index is 0.481. The van der Waals surface area contributed by atoms with Gasteiger partial charge in [0.2, 0.25) is 0 Å². The van der Waals surface area contributed by atoms with Crippen molar-refractivity contribution in [2.75, 3.05) is 13.2 Å². The van der Waals surface area contributed by atoms with Gasteiger partial charge in [0, 0.05) is 12.4 Å². The number of hydrogen-bond acceptors (Lipinski definition) is 4. The summed E-state index contributed by atoms with van der Waals surface area (Å²) in [4.78, 5) is 0. The van der Waals surface area contributed by atoms with E-state index in [1.165, 1.54) is 0 Å². The lowest BCUT2D eigenvalue weighted by atomic mass is 10.3. The molecule has 1 fully saturated rings. The summed E-state index contributed by atoms with van der Waals surface area (Å²) in [5, 5.41) is 3.07. The molecule has 0 bridgehead atoms. The van der Waals surface area contributed by atoms with E-state index in [9.17, 15) is 0 Å². The van der Waals surface area contributed by atoms with Crippen molar-refractivity contribution in [3.8, 4) is 0 Å². The summed E-state index contributed by atoms with van der Waals surface area (Å²) >= 11 is 0. The van der Waals surface area contributed by atoms with Crippen LogP contribution < -0.4 is 16.6 Å². The lowest BCUT2D eigenvalue weighted by Crippen LogP contribution is -2.43. The maximum absolute atomic E-state index is 4.97. The molecule has 0 radical (unpaired) electrons. The highest BCUT2D eigenvalue weighted by Crippen LogP contribution is 1.97. The Labute approximate surface area is 54.0 Å². The Balaban J connectivity index is 1.97. The van der Waals surface area contributed by atoms with Crippen LogP contribution in [0.1, 0.15) is 0 Å². The van der Waals surface area contributed by atoms with Gasteiger partial charge < -0.3 is 15.5 Å². The molecular formula is C5H11N3O. The van der Waals surface area contributed by atoms with E-state index in [0.717, 1.165) is 13.2 Å². The molecule has 1 aliphatic heterocycles. The summed E-state index contributed by atoms with van der Waals surface area (Å²) in [7, 11) is 0. The Hall–Kier alpha value is -0.740. The fourth-order valence-electron chi connectivity index (χ4n) is 0.564. The van der Waals surface area contributed by atoms with Crippen molar-refractivity contribution < 1.29 is 4.74 Å². The summed E-state index contributed by atoms with van der Waals surface area (Å²) in [5.74, 6) is 4.97. The van der Waals surface area contributed by atoms with Crippen molar-refractivity contribution in [3.63, 3.8) is 0 Å². The van der Waals surface area contributed by atoms with Crippen LogP contribution in [0.25, 0.3) is 0 Å². The average molecular weight is 129 g/mol. The normalized spacial score (nSPS) is 19.7. The largest absolute Gasteiger partial charge is 0.382 e. The van der Waals surface area contributed by atoms with Crippen LogP contribution in [0, 0.1) is 0 Å². The summed E-state index contributed by atoms with van der Waals surface area (Å²) in [6.07, 6.45) is 3.41. The van der Waals surface area contributed by atoms with E-state index < -0.39 is 0 Å². The molecule has 4 nitrogen and oxygen atoms in total. The van der Waals surface area contributed by atoms with Crippen LogP contribution in [-0.2, 0) is 4.74 Å². The second-order valence-corrected chi connectivity index (χ2v) is 1.90. The maximum Gasteiger partial charge on any atom is 0.0724 e. The highest BCUT2D eigenvalue weighted by atomic mass is 16.5. The molecule has 0 spiro atoms. The van der Waals surface area contributed by atoms with Crippen LogP contribution in [0.2, 0.25) is 0 Å². The zero-order valence-corrected chi connectivity index (χ0v) is 5.13. The van der Waals surface area contributed by atoms with Crippen molar-refractivity contribution in [3.05, 3.63) is 12.4 Å². The lowest BCUT2D eigenvalue weighted by molar-refractivity contribution is 0.000724. The maximum atomic E-state index is 4.97. The number of nitrogens with two attached hydrogens (primary N) is 1. The summed E-state index contributed by atoms with van der Waals surface area (Å²) in [6, 6.07) is 0.481. The zero-order valence-electron chi connectivity index (χ0n) is 5.13. The van der Waals surface area contributed by atoms with Gasteiger partial charge in [-0.05, 0) is 0 Å². The molecule has 0 amide bonds. The number of nitrogens with one attached hydrogen (secondary N) is 2. The number of ether oxygens (including phenoxy) is 1. The third-order valence-corrected chi connectivity index (χ3v) is 1.15. The Morgan fingerprint density at radius 2 is 2.22 bits per heavy atom. The summed E-state index contributed by atoms with van der Waals surface area (Å²) in [5.41, 5.74) is 2.39. The smallest absolute Gasteiger partial charge is 0.0724 e. The summed E-state index contributed by atoms with van der Waals surface area (Å²) < 4.78 is 4.92. The van der Waals surface area contributed by atoms with Gasteiger partial charge in [-0.2, -0.15) is 0 Å². The van der Waals surface area contributed by atoms with Crippen molar-refractivity contribution in [2.24, 2.45) is 5.84 Å². The van der Waals surface area contributed by atoms with Crippen LogP contribution >= 0.6 is 0 Å². The molecule has 0 aromatic carbocycles. The second kappa shape index (κ2) is 3.32. The Morgan fingerprint density at radius 3 is 2.67 bits per heavy atom. The van der Waals surface area contributed by atoms with Gasteiger partial charge in [-0.3, -0.25) is 5.84 Å². The molecular weight excluding hydrogens is 118 g/mol. The summed E-state index contributed by atoms with van der Waals surface area (Å²) in [6.45, 7) is 1.60. The monoisotopic (exact) mass is 129 g/mol. The van der Waals surface area contributed by atoms with Crippen molar-refractivity contribution in [1.82, 2.24) is 10.7 Å². The molecule has 9 heavy (non-hydrogen) atoms. The van der Waals surface area contributed by atoms with Crippen LogP contribution in [0.3, 0.4) is 0 Å². The van der Waals surface area contributed by atoms with Crippen LogP contribution in [0.15, 0.2) is 12.4 Å². The predicted octanol–water partition coefficient (Wildman–Crippen LogP) is -1.09. The van der Waals surface area contributed by atoms with E-state index in [-0.39, 0.29) is 0 Å². The lowest BCUT2D eigenvalue weighted by Gasteiger charge is -2.25.